The lowest BCUT2D eigenvalue weighted by molar-refractivity contribution is 1.18. The smallest absolute Gasteiger partial charge is 0.0619 e. The predicted octanol–water partition coefficient (Wildman–Crippen LogP) is 16.1. The van der Waals surface area contributed by atoms with Crippen molar-refractivity contribution in [1.29, 1.82) is 0 Å². The minimum absolute atomic E-state index is 1.08. The summed E-state index contributed by atoms with van der Waals surface area (Å²) in [7, 11) is 0. The topological polar surface area (TPSA) is 8.17 Å². The Morgan fingerprint density at radius 2 is 0.817 bits per heavy atom. The maximum atomic E-state index is 2.42. The Labute approximate surface area is 350 Å². The summed E-state index contributed by atoms with van der Waals surface area (Å²) < 4.78 is 2.42. The van der Waals surface area contributed by atoms with Crippen molar-refractivity contribution in [2.75, 3.05) is 4.90 Å². The van der Waals surface area contributed by atoms with Crippen LogP contribution in [-0.4, -0.2) is 4.57 Å². The zero-order chi connectivity index (χ0) is 39.8. The van der Waals surface area contributed by atoms with Gasteiger partial charge in [-0.3, -0.25) is 0 Å². The lowest BCUT2D eigenvalue weighted by Crippen LogP contribution is -2.11. The molecule has 0 spiro atoms. The number of anilines is 3. The zero-order valence-electron chi connectivity index (χ0n) is 33.0. The minimum Gasteiger partial charge on any atom is -0.310 e. The van der Waals surface area contributed by atoms with Crippen molar-refractivity contribution < 1.29 is 0 Å². The van der Waals surface area contributed by atoms with Gasteiger partial charge in [0, 0.05) is 39.0 Å². The number of benzene rings is 10. The van der Waals surface area contributed by atoms with E-state index in [1.54, 1.807) is 0 Å². The molecule has 0 bridgehead atoms. The first-order valence-corrected chi connectivity index (χ1v) is 20.6. The summed E-state index contributed by atoms with van der Waals surface area (Å²) in [6, 6.07) is 87.9. The average Bonchev–Trinajstić information content (AvgIpc) is 3.67. The molecular formula is C58H40N2. The molecule has 0 aliphatic heterocycles. The van der Waals surface area contributed by atoms with Gasteiger partial charge in [0.05, 0.1) is 16.7 Å². The van der Waals surface area contributed by atoms with E-state index in [1.165, 1.54) is 71.5 Å². The van der Waals surface area contributed by atoms with Crippen LogP contribution in [0.15, 0.2) is 243 Å². The maximum absolute atomic E-state index is 2.42. The quantitative estimate of drug-likeness (QED) is 0.150. The zero-order valence-corrected chi connectivity index (χ0v) is 33.0. The van der Waals surface area contributed by atoms with Crippen molar-refractivity contribution >= 4 is 49.6 Å². The third-order valence-electron chi connectivity index (χ3n) is 11.8. The second-order valence-corrected chi connectivity index (χ2v) is 15.3. The number of hydrogen-bond acceptors (Lipinski definition) is 1. The molecule has 282 valence electrons. The van der Waals surface area contributed by atoms with Gasteiger partial charge in [0.15, 0.2) is 0 Å². The van der Waals surface area contributed by atoms with Gasteiger partial charge in [0.1, 0.15) is 0 Å². The van der Waals surface area contributed by atoms with Crippen LogP contribution in [0.5, 0.6) is 0 Å². The summed E-state index contributed by atoms with van der Waals surface area (Å²) in [6.45, 7) is 0. The first kappa shape index (κ1) is 35.2. The standard InChI is InChI=1S/C58H40N2/c1-3-19-42(20-4-1)48-24-9-10-25-50(48)51-26-11-12-27-52(51)53-28-13-15-32-56(53)59(47-39-34-41-18-7-8-21-44(41)40-47)46-37-35-43(36-38-46)49-30-17-31-55-54-29-14-16-33-57(54)60(58(49)55)45-22-5-2-6-23-45/h1-40H. The Bertz CT molecular complexity index is 3310. The SMILES string of the molecule is c1ccc(-c2ccccc2-c2ccccc2-c2ccccc2N(c2ccc(-c3cccc4c5ccccc5n(-c5ccccc5)c34)cc2)c2ccc3ccccc3c2)cc1. The van der Waals surface area contributed by atoms with E-state index in [0.717, 1.165) is 28.3 Å². The van der Waals surface area contributed by atoms with Gasteiger partial charge in [0.25, 0.3) is 0 Å². The van der Waals surface area contributed by atoms with Crippen molar-refractivity contribution in [3.8, 4) is 50.2 Å². The number of aromatic nitrogens is 1. The van der Waals surface area contributed by atoms with Crippen LogP contribution in [0.4, 0.5) is 17.1 Å². The highest BCUT2D eigenvalue weighted by Gasteiger charge is 2.21. The molecule has 11 rings (SSSR count). The molecule has 1 aromatic heterocycles. The Kier molecular flexibility index (Phi) is 8.87. The molecule has 2 nitrogen and oxygen atoms in total. The predicted molar refractivity (Wildman–Crippen MR) is 255 cm³/mol. The van der Waals surface area contributed by atoms with Gasteiger partial charge in [-0.1, -0.05) is 194 Å². The summed E-state index contributed by atoms with van der Waals surface area (Å²) in [5.41, 5.74) is 16.4. The van der Waals surface area contributed by atoms with E-state index in [2.05, 4.69) is 252 Å². The summed E-state index contributed by atoms with van der Waals surface area (Å²) >= 11 is 0. The normalized spacial score (nSPS) is 11.3. The number of para-hydroxylation sites is 4. The molecule has 0 aliphatic carbocycles. The molecule has 0 saturated carbocycles. The monoisotopic (exact) mass is 764 g/mol. The molecule has 0 N–H and O–H groups in total. The lowest BCUT2D eigenvalue weighted by atomic mass is 9.88. The molecular weight excluding hydrogens is 725 g/mol. The van der Waals surface area contributed by atoms with Crippen LogP contribution in [0, 0.1) is 0 Å². The van der Waals surface area contributed by atoms with Gasteiger partial charge in [-0.25, -0.2) is 0 Å². The fraction of sp³-hybridized carbons (Fsp3) is 0. The molecule has 60 heavy (non-hydrogen) atoms. The van der Waals surface area contributed by atoms with Gasteiger partial charge in [-0.2, -0.15) is 0 Å². The lowest BCUT2D eigenvalue weighted by Gasteiger charge is -2.29. The summed E-state index contributed by atoms with van der Waals surface area (Å²) in [4.78, 5) is 2.42. The number of hydrogen-bond donors (Lipinski definition) is 0. The van der Waals surface area contributed by atoms with Crippen molar-refractivity contribution in [2.24, 2.45) is 0 Å². The van der Waals surface area contributed by atoms with E-state index in [9.17, 15) is 0 Å². The van der Waals surface area contributed by atoms with Crippen LogP contribution in [0.2, 0.25) is 0 Å². The largest absolute Gasteiger partial charge is 0.310 e. The molecule has 2 heteroatoms. The highest BCUT2D eigenvalue weighted by atomic mass is 15.1. The minimum atomic E-state index is 1.08. The van der Waals surface area contributed by atoms with Crippen LogP contribution >= 0.6 is 0 Å². The van der Waals surface area contributed by atoms with Gasteiger partial charge in [-0.05, 0) is 92.7 Å². The van der Waals surface area contributed by atoms with E-state index in [4.69, 9.17) is 0 Å². The van der Waals surface area contributed by atoms with Crippen molar-refractivity contribution in [2.45, 2.75) is 0 Å². The van der Waals surface area contributed by atoms with Crippen LogP contribution in [-0.2, 0) is 0 Å². The fourth-order valence-corrected chi connectivity index (χ4v) is 9.07. The maximum Gasteiger partial charge on any atom is 0.0619 e. The third-order valence-corrected chi connectivity index (χ3v) is 11.8. The number of rotatable bonds is 8. The molecule has 11 aromatic rings. The van der Waals surface area contributed by atoms with E-state index >= 15 is 0 Å². The summed E-state index contributed by atoms with van der Waals surface area (Å²) in [5.74, 6) is 0. The number of nitrogens with zero attached hydrogens (tertiary/aromatic N) is 2. The third kappa shape index (κ3) is 6.14. The summed E-state index contributed by atoms with van der Waals surface area (Å²) in [5, 5.41) is 4.91. The van der Waals surface area contributed by atoms with E-state index < -0.39 is 0 Å². The summed E-state index contributed by atoms with van der Waals surface area (Å²) in [6.07, 6.45) is 0. The van der Waals surface area contributed by atoms with Crippen LogP contribution in [0.1, 0.15) is 0 Å². The average molecular weight is 765 g/mol. The molecule has 0 saturated heterocycles. The fourth-order valence-electron chi connectivity index (χ4n) is 9.07. The Morgan fingerprint density at radius 1 is 0.300 bits per heavy atom. The molecule has 0 amide bonds. The Balaban J connectivity index is 1.09. The van der Waals surface area contributed by atoms with Gasteiger partial charge in [-0.15, -0.1) is 0 Å². The van der Waals surface area contributed by atoms with E-state index in [-0.39, 0.29) is 0 Å². The van der Waals surface area contributed by atoms with Crippen molar-refractivity contribution in [3.05, 3.63) is 243 Å². The van der Waals surface area contributed by atoms with Crippen LogP contribution in [0.25, 0.3) is 82.8 Å². The molecule has 0 fully saturated rings. The highest BCUT2D eigenvalue weighted by molar-refractivity contribution is 6.14. The van der Waals surface area contributed by atoms with Crippen LogP contribution < -0.4 is 4.90 Å². The first-order chi connectivity index (χ1) is 29.8. The second-order valence-electron chi connectivity index (χ2n) is 15.3. The Hall–Kier alpha value is -7.94. The van der Waals surface area contributed by atoms with Crippen molar-refractivity contribution in [1.82, 2.24) is 4.57 Å². The molecule has 0 atom stereocenters. The molecule has 10 aromatic carbocycles. The van der Waals surface area contributed by atoms with Gasteiger partial charge < -0.3 is 9.47 Å². The van der Waals surface area contributed by atoms with E-state index in [1.807, 2.05) is 0 Å². The van der Waals surface area contributed by atoms with Crippen molar-refractivity contribution in [3.63, 3.8) is 0 Å². The first-order valence-electron chi connectivity index (χ1n) is 20.6. The molecule has 0 unspecified atom stereocenters. The molecule has 0 aliphatic rings. The van der Waals surface area contributed by atoms with E-state index in [0.29, 0.717) is 0 Å². The highest BCUT2D eigenvalue weighted by Crippen LogP contribution is 2.46. The molecule has 0 radical (unpaired) electrons. The second kappa shape index (κ2) is 15.1. The van der Waals surface area contributed by atoms with Crippen LogP contribution in [0.3, 0.4) is 0 Å². The van der Waals surface area contributed by atoms with Gasteiger partial charge >= 0.3 is 0 Å². The number of fused-ring (bicyclic) bond motifs is 4. The van der Waals surface area contributed by atoms with Gasteiger partial charge in [0.2, 0.25) is 0 Å². The Morgan fingerprint density at radius 3 is 1.58 bits per heavy atom. The molecule has 1 heterocycles.